The van der Waals surface area contributed by atoms with Gasteiger partial charge in [-0.1, -0.05) is 19.9 Å². The van der Waals surface area contributed by atoms with Gasteiger partial charge in [0.1, 0.15) is 11.3 Å². The van der Waals surface area contributed by atoms with E-state index in [0.717, 1.165) is 28.6 Å². The highest BCUT2D eigenvalue weighted by molar-refractivity contribution is 5.85. The number of hydrogen-bond donors (Lipinski definition) is 1. The zero-order chi connectivity index (χ0) is 16.4. The fourth-order valence-electron chi connectivity index (χ4n) is 2.75. The number of halogens is 1. The average Bonchev–Trinajstić information content (AvgIpc) is 2.54. The highest BCUT2D eigenvalue weighted by Gasteiger charge is 2.13. The predicted octanol–water partition coefficient (Wildman–Crippen LogP) is 4.48. The molecule has 0 saturated heterocycles. The quantitative estimate of drug-likeness (QED) is 0.773. The first-order chi connectivity index (χ1) is 11.0. The zero-order valence-corrected chi connectivity index (χ0v) is 13.3. The minimum absolute atomic E-state index is 0.168. The van der Waals surface area contributed by atoms with Crippen LogP contribution in [0.15, 0.2) is 48.8 Å². The second-order valence-corrected chi connectivity index (χ2v) is 6.24. The summed E-state index contributed by atoms with van der Waals surface area (Å²) in [7, 11) is 0. The summed E-state index contributed by atoms with van der Waals surface area (Å²) in [5, 5.41) is 0.775. The lowest BCUT2D eigenvalue weighted by atomic mass is 10.00. The number of nitrogens with zero attached hydrogens (tertiary/aromatic N) is 2. The molecule has 0 fully saturated rings. The Hall–Kier alpha value is -2.33. The molecule has 4 heteroatoms. The van der Waals surface area contributed by atoms with Crippen LogP contribution in [0.5, 0.6) is 0 Å². The lowest BCUT2D eigenvalue weighted by Gasteiger charge is -2.14. The Morgan fingerprint density at radius 1 is 1.04 bits per heavy atom. The number of hydrogen-bond acceptors (Lipinski definition) is 3. The van der Waals surface area contributed by atoms with Crippen LogP contribution in [0.25, 0.3) is 22.0 Å². The maximum Gasteiger partial charge on any atom is 0.150 e. The van der Waals surface area contributed by atoms with Gasteiger partial charge in [-0.15, -0.1) is 0 Å². The van der Waals surface area contributed by atoms with Gasteiger partial charge < -0.3 is 5.73 Å². The number of rotatable bonds is 4. The molecule has 3 aromatic rings. The van der Waals surface area contributed by atoms with Gasteiger partial charge in [-0.3, -0.25) is 4.98 Å². The van der Waals surface area contributed by atoms with E-state index in [1.54, 1.807) is 12.4 Å². The molecule has 3 nitrogen and oxygen atoms in total. The van der Waals surface area contributed by atoms with Crippen molar-refractivity contribution in [3.63, 3.8) is 0 Å². The molecule has 0 aliphatic rings. The molecule has 2 heterocycles. The van der Waals surface area contributed by atoms with E-state index in [4.69, 9.17) is 5.73 Å². The van der Waals surface area contributed by atoms with Crippen LogP contribution in [0.3, 0.4) is 0 Å². The molecule has 0 spiro atoms. The minimum Gasteiger partial charge on any atom is -0.323 e. The highest BCUT2D eigenvalue weighted by atomic mass is 19.1. The summed E-state index contributed by atoms with van der Waals surface area (Å²) >= 11 is 0. The van der Waals surface area contributed by atoms with Crippen molar-refractivity contribution in [1.82, 2.24) is 9.97 Å². The van der Waals surface area contributed by atoms with Crippen LogP contribution < -0.4 is 5.73 Å². The van der Waals surface area contributed by atoms with Crippen LogP contribution in [0.4, 0.5) is 4.39 Å². The molecule has 2 aromatic heterocycles. The van der Waals surface area contributed by atoms with E-state index in [9.17, 15) is 4.39 Å². The Balaban J connectivity index is 2.03. The molecule has 0 amide bonds. The minimum atomic E-state index is -0.326. The monoisotopic (exact) mass is 309 g/mol. The molecule has 0 aliphatic heterocycles. The first-order valence-corrected chi connectivity index (χ1v) is 7.81. The number of pyridine rings is 2. The Morgan fingerprint density at radius 2 is 1.78 bits per heavy atom. The van der Waals surface area contributed by atoms with E-state index >= 15 is 0 Å². The van der Waals surface area contributed by atoms with Crippen molar-refractivity contribution >= 4 is 10.9 Å². The Labute approximate surface area is 135 Å². The van der Waals surface area contributed by atoms with Crippen molar-refractivity contribution in [2.45, 2.75) is 26.3 Å². The van der Waals surface area contributed by atoms with E-state index in [1.807, 2.05) is 30.3 Å². The molecular formula is C19H20FN3. The van der Waals surface area contributed by atoms with Gasteiger partial charge in [0, 0.05) is 23.8 Å². The molecule has 1 unspecified atom stereocenters. The predicted molar refractivity (Wildman–Crippen MR) is 91.3 cm³/mol. The molecule has 1 atom stereocenters. The van der Waals surface area contributed by atoms with Crippen LogP contribution in [0.2, 0.25) is 0 Å². The van der Waals surface area contributed by atoms with Crippen LogP contribution >= 0.6 is 0 Å². The molecule has 0 aliphatic carbocycles. The van der Waals surface area contributed by atoms with E-state index in [-0.39, 0.29) is 11.9 Å². The summed E-state index contributed by atoms with van der Waals surface area (Å²) in [5.41, 5.74) is 9.03. The van der Waals surface area contributed by atoms with Gasteiger partial charge in [-0.25, -0.2) is 9.37 Å². The third-order valence-corrected chi connectivity index (χ3v) is 3.89. The lowest BCUT2D eigenvalue weighted by molar-refractivity contribution is 0.503. The summed E-state index contributed by atoms with van der Waals surface area (Å²) < 4.78 is 14.5. The third-order valence-electron chi connectivity index (χ3n) is 3.89. The first kappa shape index (κ1) is 15.6. The lowest BCUT2D eigenvalue weighted by Crippen LogP contribution is -2.14. The van der Waals surface area contributed by atoms with Crippen molar-refractivity contribution in [1.29, 1.82) is 0 Å². The molecule has 3 rings (SSSR count). The summed E-state index contributed by atoms with van der Waals surface area (Å²) in [5.74, 6) is 0.148. The van der Waals surface area contributed by atoms with E-state index in [1.165, 1.54) is 6.07 Å². The summed E-state index contributed by atoms with van der Waals surface area (Å²) in [6.07, 6.45) is 4.22. The van der Waals surface area contributed by atoms with Gasteiger partial charge in [0.15, 0.2) is 0 Å². The Bertz CT molecular complexity index is 815. The van der Waals surface area contributed by atoms with Gasteiger partial charge in [0.2, 0.25) is 0 Å². The Kier molecular flexibility index (Phi) is 4.35. The normalized spacial score (nSPS) is 12.7. The van der Waals surface area contributed by atoms with Gasteiger partial charge in [0.25, 0.3) is 0 Å². The number of aromatic nitrogens is 2. The molecule has 0 bridgehead atoms. The van der Waals surface area contributed by atoms with Crippen molar-refractivity contribution in [2.75, 3.05) is 0 Å². The SMILES string of the molecule is CC(C)CC(N)c1ccc2cc(-c3ccncc3)cc(F)c2n1. The molecular weight excluding hydrogens is 289 g/mol. The van der Waals surface area contributed by atoms with Crippen molar-refractivity contribution < 1.29 is 4.39 Å². The molecule has 118 valence electrons. The van der Waals surface area contributed by atoms with Gasteiger partial charge in [0.05, 0.1) is 5.69 Å². The van der Waals surface area contributed by atoms with Crippen LogP contribution in [-0.2, 0) is 0 Å². The zero-order valence-electron chi connectivity index (χ0n) is 13.3. The molecule has 0 radical (unpaired) electrons. The van der Waals surface area contributed by atoms with E-state index in [0.29, 0.717) is 11.4 Å². The topological polar surface area (TPSA) is 51.8 Å². The largest absolute Gasteiger partial charge is 0.323 e. The highest BCUT2D eigenvalue weighted by Crippen LogP contribution is 2.27. The average molecular weight is 309 g/mol. The van der Waals surface area contributed by atoms with Crippen LogP contribution in [-0.4, -0.2) is 9.97 Å². The molecule has 0 saturated carbocycles. The van der Waals surface area contributed by atoms with Crippen LogP contribution in [0, 0.1) is 11.7 Å². The van der Waals surface area contributed by atoms with E-state index < -0.39 is 0 Å². The molecule has 1 aromatic carbocycles. The fraction of sp³-hybridized carbons (Fsp3) is 0.263. The number of benzene rings is 1. The van der Waals surface area contributed by atoms with Crippen LogP contribution in [0.1, 0.15) is 32.0 Å². The summed E-state index contributed by atoms with van der Waals surface area (Å²) in [6, 6.07) is 10.8. The van der Waals surface area contributed by atoms with E-state index in [2.05, 4.69) is 23.8 Å². The molecule has 23 heavy (non-hydrogen) atoms. The second-order valence-electron chi connectivity index (χ2n) is 6.24. The Morgan fingerprint density at radius 3 is 2.48 bits per heavy atom. The van der Waals surface area contributed by atoms with Gasteiger partial charge in [-0.2, -0.15) is 0 Å². The third kappa shape index (κ3) is 3.37. The smallest absolute Gasteiger partial charge is 0.150 e. The number of fused-ring (bicyclic) bond motifs is 1. The summed E-state index contributed by atoms with van der Waals surface area (Å²) in [4.78, 5) is 8.44. The maximum atomic E-state index is 14.5. The summed E-state index contributed by atoms with van der Waals surface area (Å²) in [6.45, 7) is 4.23. The maximum absolute atomic E-state index is 14.5. The van der Waals surface area contributed by atoms with Gasteiger partial charge >= 0.3 is 0 Å². The van der Waals surface area contributed by atoms with Gasteiger partial charge in [-0.05, 0) is 53.8 Å². The first-order valence-electron chi connectivity index (χ1n) is 7.81. The van der Waals surface area contributed by atoms with Crippen molar-refractivity contribution in [3.05, 3.63) is 60.3 Å². The fourth-order valence-corrected chi connectivity index (χ4v) is 2.75. The molecule has 2 N–H and O–H groups in total. The van der Waals surface area contributed by atoms with Crippen molar-refractivity contribution in [2.24, 2.45) is 11.7 Å². The number of nitrogens with two attached hydrogens (primary N) is 1. The van der Waals surface area contributed by atoms with Crippen molar-refractivity contribution in [3.8, 4) is 11.1 Å². The standard InChI is InChI=1S/C19H20FN3/c1-12(2)9-17(21)18-4-3-14-10-15(11-16(20)19(14)23-18)13-5-7-22-8-6-13/h3-8,10-12,17H,9,21H2,1-2H3. The second kappa shape index (κ2) is 6.42.